The summed E-state index contributed by atoms with van der Waals surface area (Å²) in [6.45, 7) is 1.20. The van der Waals surface area contributed by atoms with Crippen LogP contribution in [-0.4, -0.2) is 31.6 Å². The third-order valence-electron chi connectivity index (χ3n) is 3.73. The Bertz CT molecular complexity index is 165. The molecule has 0 radical (unpaired) electrons. The molecule has 0 spiro atoms. The van der Waals surface area contributed by atoms with Crippen LogP contribution in [0.15, 0.2) is 0 Å². The van der Waals surface area contributed by atoms with Gasteiger partial charge in [0, 0.05) is 12.6 Å². The summed E-state index contributed by atoms with van der Waals surface area (Å²) in [5.41, 5.74) is 6.19. The zero-order valence-electron chi connectivity index (χ0n) is 8.16. The SMILES string of the molecule is CN(C)C[C@@H]1[C@H]2CC[C@@H](C2)[C@H]1N. The number of hydrogen-bond acceptors (Lipinski definition) is 2. The van der Waals surface area contributed by atoms with Gasteiger partial charge in [-0.3, -0.25) is 0 Å². The van der Waals surface area contributed by atoms with Gasteiger partial charge in [-0.2, -0.15) is 0 Å². The van der Waals surface area contributed by atoms with Crippen molar-refractivity contribution in [2.75, 3.05) is 20.6 Å². The second kappa shape index (κ2) is 3.00. The van der Waals surface area contributed by atoms with E-state index in [-0.39, 0.29) is 0 Å². The Labute approximate surface area is 75.1 Å². The van der Waals surface area contributed by atoms with E-state index in [1.807, 2.05) is 0 Å². The fourth-order valence-corrected chi connectivity index (χ4v) is 3.15. The van der Waals surface area contributed by atoms with Gasteiger partial charge in [0.25, 0.3) is 0 Å². The molecule has 0 amide bonds. The van der Waals surface area contributed by atoms with Crippen molar-refractivity contribution in [1.29, 1.82) is 0 Å². The Morgan fingerprint density at radius 2 is 1.92 bits per heavy atom. The highest BCUT2D eigenvalue weighted by molar-refractivity contribution is 4.99. The second-order valence-corrected chi connectivity index (χ2v) is 4.84. The summed E-state index contributed by atoms with van der Waals surface area (Å²) in [4.78, 5) is 2.28. The fraction of sp³-hybridized carbons (Fsp3) is 1.00. The molecule has 2 heteroatoms. The molecule has 70 valence electrons. The first-order valence-electron chi connectivity index (χ1n) is 5.09. The van der Waals surface area contributed by atoms with Crippen molar-refractivity contribution in [1.82, 2.24) is 4.90 Å². The first-order chi connectivity index (χ1) is 5.68. The van der Waals surface area contributed by atoms with Crippen LogP contribution in [0.1, 0.15) is 19.3 Å². The van der Waals surface area contributed by atoms with Crippen LogP contribution in [0.5, 0.6) is 0 Å². The van der Waals surface area contributed by atoms with Crippen LogP contribution < -0.4 is 5.73 Å². The molecule has 2 bridgehead atoms. The van der Waals surface area contributed by atoms with Crippen LogP contribution in [0.2, 0.25) is 0 Å². The lowest BCUT2D eigenvalue weighted by Gasteiger charge is -2.30. The molecule has 0 aromatic rings. The van der Waals surface area contributed by atoms with Gasteiger partial charge in [0.1, 0.15) is 0 Å². The molecule has 2 rings (SSSR count). The average molecular weight is 168 g/mol. The van der Waals surface area contributed by atoms with Gasteiger partial charge >= 0.3 is 0 Å². The van der Waals surface area contributed by atoms with Crippen LogP contribution in [0.3, 0.4) is 0 Å². The van der Waals surface area contributed by atoms with E-state index in [0.717, 1.165) is 17.8 Å². The molecule has 2 fully saturated rings. The summed E-state index contributed by atoms with van der Waals surface area (Å²) in [5.74, 6) is 2.60. The molecule has 0 aromatic heterocycles. The molecule has 4 atom stereocenters. The average Bonchev–Trinajstić information content (AvgIpc) is 2.53. The standard InChI is InChI=1S/C10H20N2/c1-12(2)6-9-7-3-4-8(5-7)10(9)11/h7-10H,3-6,11H2,1-2H3/t7-,8-,9+,10+/m0/s1. The number of fused-ring (bicyclic) bond motifs is 2. The van der Waals surface area contributed by atoms with Gasteiger partial charge in [0.2, 0.25) is 0 Å². The first kappa shape index (κ1) is 8.52. The third-order valence-corrected chi connectivity index (χ3v) is 3.73. The Hall–Kier alpha value is -0.0800. The van der Waals surface area contributed by atoms with Crippen molar-refractivity contribution in [3.8, 4) is 0 Å². The van der Waals surface area contributed by atoms with E-state index >= 15 is 0 Å². The molecule has 12 heavy (non-hydrogen) atoms. The maximum atomic E-state index is 6.19. The quantitative estimate of drug-likeness (QED) is 0.664. The van der Waals surface area contributed by atoms with Crippen molar-refractivity contribution >= 4 is 0 Å². The topological polar surface area (TPSA) is 29.3 Å². The second-order valence-electron chi connectivity index (χ2n) is 4.84. The summed E-state index contributed by atoms with van der Waals surface area (Å²) in [6.07, 6.45) is 4.26. The lowest BCUT2D eigenvalue weighted by atomic mass is 9.85. The van der Waals surface area contributed by atoms with Crippen LogP contribution >= 0.6 is 0 Å². The molecule has 0 aliphatic heterocycles. The van der Waals surface area contributed by atoms with Crippen molar-refractivity contribution in [2.45, 2.75) is 25.3 Å². The van der Waals surface area contributed by atoms with E-state index in [1.54, 1.807) is 0 Å². The molecule has 2 saturated carbocycles. The maximum absolute atomic E-state index is 6.19. The summed E-state index contributed by atoms with van der Waals surface area (Å²) in [5, 5.41) is 0. The minimum atomic E-state index is 0.506. The minimum Gasteiger partial charge on any atom is -0.327 e. The van der Waals surface area contributed by atoms with Gasteiger partial charge in [-0.15, -0.1) is 0 Å². The number of nitrogens with two attached hydrogens (primary N) is 1. The van der Waals surface area contributed by atoms with Crippen molar-refractivity contribution in [3.63, 3.8) is 0 Å². The molecule has 0 unspecified atom stereocenters. The van der Waals surface area contributed by atoms with Gasteiger partial charge in [-0.1, -0.05) is 0 Å². The highest BCUT2D eigenvalue weighted by Gasteiger charge is 2.45. The van der Waals surface area contributed by atoms with Crippen LogP contribution in [-0.2, 0) is 0 Å². The van der Waals surface area contributed by atoms with E-state index in [2.05, 4.69) is 19.0 Å². The monoisotopic (exact) mass is 168 g/mol. The minimum absolute atomic E-state index is 0.506. The van der Waals surface area contributed by atoms with Crippen LogP contribution in [0.4, 0.5) is 0 Å². The highest BCUT2D eigenvalue weighted by atomic mass is 15.1. The summed E-state index contributed by atoms with van der Waals surface area (Å²) in [7, 11) is 4.30. The van der Waals surface area contributed by atoms with Crippen molar-refractivity contribution in [2.24, 2.45) is 23.5 Å². The fourth-order valence-electron chi connectivity index (χ4n) is 3.15. The van der Waals surface area contributed by atoms with Crippen molar-refractivity contribution < 1.29 is 0 Å². The van der Waals surface area contributed by atoms with Crippen LogP contribution in [0, 0.1) is 17.8 Å². The molecule has 2 aliphatic rings. The lowest BCUT2D eigenvalue weighted by Crippen LogP contribution is -2.40. The zero-order valence-corrected chi connectivity index (χ0v) is 8.16. The van der Waals surface area contributed by atoms with E-state index in [9.17, 15) is 0 Å². The summed E-state index contributed by atoms with van der Waals surface area (Å²) < 4.78 is 0. The molecule has 2 aliphatic carbocycles. The molecule has 0 heterocycles. The summed E-state index contributed by atoms with van der Waals surface area (Å²) >= 11 is 0. The van der Waals surface area contributed by atoms with Crippen LogP contribution in [0.25, 0.3) is 0 Å². The van der Waals surface area contributed by atoms with E-state index in [0.29, 0.717) is 6.04 Å². The van der Waals surface area contributed by atoms with Gasteiger partial charge in [0.15, 0.2) is 0 Å². The molecule has 0 aromatic carbocycles. The Kier molecular flexibility index (Phi) is 2.13. The Morgan fingerprint density at radius 3 is 2.42 bits per heavy atom. The number of hydrogen-bond donors (Lipinski definition) is 1. The number of nitrogens with zero attached hydrogens (tertiary/aromatic N) is 1. The first-order valence-corrected chi connectivity index (χ1v) is 5.09. The summed E-state index contributed by atoms with van der Waals surface area (Å²) in [6, 6.07) is 0.506. The van der Waals surface area contributed by atoms with E-state index in [4.69, 9.17) is 5.73 Å². The number of rotatable bonds is 2. The predicted molar refractivity (Wildman–Crippen MR) is 50.9 cm³/mol. The smallest absolute Gasteiger partial charge is 0.0111 e. The molecular weight excluding hydrogens is 148 g/mol. The van der Waals surface area contributed by atoms with Gasteiger partial charge in [-0.25, -0.2) is 0 Å². The van der Waals surface area contributed by atoms with E-state index in [1.165, 1.54) is 25.8 Å². The largest absolute Gasteiger partial charge is 0.327 e. The lowest BCUT2D eigenvalue weighted by molar-refractivity contribution is 0.221. The molecule has 2 nitrogen and oxygen atoms in total. The zero-order chi connectivity index (χ0) is 8.72. The molecule has 0 saturated heterocycles. The molecule has 2 N–H and O–H groups in total. The Morgan fingerprint density at radius 1 is 1.25 bits per heavy atom. The normalized spacial score (nSPS) is 46.0. The van der Waals surface area contributed by atoms with Gasteiger partial charge < -0.3 is 10.6 Å². The van der Waals surface area contributed by atoms with Gasteiger partial charge in [0.05, 0.1) is 0 Å². The van der Waals surface area contributed by atoms with E-state index < -0.39 is 0 Å². The molecular formula is C10H20N2. The highest BCUT2D eigenvalue weighted by Crippen LogP contribution is 2.47. The van der Waals surface area contributed by atoms with Gasteiger partial charge in [-0.05, 0) is 51.1 Å². The predicted octanol–water partition coefficient (Wildman–Crippen LogP) is 0.921. The third kappa shape index (κ3) is 1.27. The Balaban J connectivity index is 1.98. The maximum Gasteiger partial charge on any atom is 0.0111 e. The van der Waals surface area contributed by atoms with Crippen molar-refractivity contribution in [3.05, 3.63) is 0 Å².